The molecule has 1 unspecified atom stereocenters. The third-order valence-electron chi connectivity index (χ3n) is 3.06. The summed E-state index contributed by atoms with van der Waals surface area (Å²) in [6.45, 7) is 6.69. The fourth-order valence-corrected chi connectivity index (χ4v) is 1.60. The van der Waals surface area contributed by atoms with Gasteiger partial charge in [0.15, 0.2) is 11.6 Å². The molecule has 1 atom stereocenters. The summed E-state index contributed by atoms with van der Waals surface area (Å²) in [5, 5.41) is 3.20. The highest BCUT2D eigenvalue weighted by molar-refractivity contribution is 5.34. The Labute approximate surface area is 115 Å². The minimum Gasteiger partial charge on any atom is -0.490 e. The predicted octanol–water partition coefficient (Wildman–Crippen LogP) is 2.99. The van der Waals surface area contributed by atoms with Crippen molar-refractivity contribution in [1.29, 1.82) is 0 Å². The lowest BCUT2D eigenvalue weighted by Crippen LogP contribution is -2.19. The lowest BCUT2D eigenvalue weighted by atomic mass is 10.1. The van der Waals surface area contributed by atoms with Gasteiger partial charge in [0, 0.05) is 25.8 Å². The molecule has 0 aliphatic carbocycles. The number of rotatable bonds is 9. The van der Waals surface area contributed by atoms with Crippen molar-refractivity contribution < 1.29 is 13.9 Å². The molecule has 1 aromatic rings. The van der Waals surface area contributed by atoms with Crippen LogP contribution < -0.4 is 10.1 Å². The Hall–Kier alpha value is -1.13. The first kappa shape index (κ1) is 15.9. The second kappa shape index (κ2) is 8.88. The van der Waals surface area contributed by atoms with Gasteiger partial charge < -0.3 is 14.8 Å². The summed E-state index contributed by atoms with van der Waals surface area (Å²) < 4.78 is 24.4. The molecule has 0 aromatic heterocycles. The molecular weight excluding hydrogens is 245 g/mol. The SMILES string of the molecule is CCC(C)COc1c(F)cccc1CNCCOC. The first-order chi connectivity index (χ1) is 9.19. The van der Waals surface area contributed by atoms with Crippen molar-refractivity contribution in [2.45, 2.75) is 26.8 Å². The number of benzene rings is 1. The molecule has 0 aliphatic rings. The summed E-state index contributed by atoms with van der Waals surface area (Å²) in [4.78, 5) is 0. The van der Waals surface area contributed by atoms with E-state index in [1.54, 1.807) is 13.2 Å². The van der Waals surface area contributed by atoms with Gasteiger partial charge in [0.2, 0.25) is 0 Å². The smallest absolute Gasteiger partial charge is 0.165 e. The molecule has 0 saturated heterocycles. The fourth-order valence-electron chi connectivity index (χ4n) is 1.60. The van der Waals surface area contributed by atoms with E-state index in [0.717, 1.165) is 18.5 Å². The lowest BCUT2D eigenvalue weighted by molar-refractivity contribution is 0.198. The fraction of sp³-hybridized carbons (Fsp3) is 0.600. The van der Waals surface area contributed by atoms with Crippen LogP contribution in [0.3, 0.4) is 0 Å². The van der Waals surface area contributed by atoms with Gasteiger partial charge in [-0.2, -0.15) is 0 Å². The molecule has 0 fully saturated rings. The number of halogens is 1. The Morgan fingerprint density at radius 2 is 2.16 bits per heavy atom. The topological polar surface area (TPSA) is 30.5 Å². The van der Waals surface area contributed by atoms with Crippen LogP contribution in [0.5, 0.6) is 5.75 Å². The number of hydrogen-bond donors (Lipinski definition) is 1. The van der Waals surface area contributed by atoms with E-state index in [2.05, 4.69) is 19.2 Å². The van der Waals surface area contributed by atoms with Gasteiger partial charge in [-0.15, -0.1) is 0 Å². The Kier molecular flexibility index (Phi) is 7.45. The molecule has 19 heavy (non-hydrogen) atoms. The van der Waals surface area contributed by atoms with E-state index < -0.39 is 0 Å². The first-order valence-electron chi connectivity index (χ1n) is 6.78. The summed E-state index contributed by atoms with van der Waals surface area (Å²) in [6, 6.07) is 5.03. The molecule has 0 amide bonds. The van der Waals surface area contributed by atoms with Crippen LogP contribution in [0.2, 0.25) is 0 Å². The lowest BCUT2D eigenvalue weighted by Gasteiger charge is -2.15. The van der Waals surface area contributed by atoms with Crippen molar-refractivity contribution in [1.82, 2.24) is 5.32 Å². The van der Waals surface area contributed by atoms with Gasteiger partial charge in [0.25, 0.3) is 0 Å². The summed E-state index contributed by atoms with van der Waals surface area (Å²) in [7, 11) is 1.66. The molecule has 0 radical (unpaired) electrons. The monoisotopic (exact) mass is 269 g/mol. The second-order valence-corrected chi connectivity index (χ2v) is 4.72. The van der Waals surface area contributed by atoms with Crippen LogP contribution in [0.25, 0.3) is 0 Å². The highest BCUT2D eigenvalue weighted by Crippen LogP contribution is 2.23. The average Bonchev–Trinajstić information content (AvgIpc) is 2.42. The van der Waals surface area contributed by atoms with Crippen LogP contribution in [0.4, 0.5) is 4.39 Å². The van der Waals surface area contributed by atoms with Gasteiger partial charge in [-0.25, -0.2) is 4.39 Å². The second-order valence-electron chi connectivity index (χ2n) is 4.72. The van der Waals surface area contributed by atoms with Crippen LogP contribution in [0.1, 0.15) is 25.8 Å². The highest BCUT2D eigenvalue weighted by Gasteiger charge is 2.10. The Morgan fingerprint density at radius 3 is 2.84 bits per heavy atom. The number of methoxy groups -OCH3 is 1. The van der Waals surface area contributed by atoms with Crippen molar-refractivity contribution in [2.24, 2.45) is 5.92 Å². The maximum absolute atomic E-state index is 13.8. The van der Waals surface area contributed by atoms with Crippen molar-refractivity contribution in [3.63, 3.8) is 0 Å². The minimum absolute atomic E-state index is 0.297. The number of ether oxygens (including phenoxy) is 2. The molecule has 4 heteroatoms. The maximum Gasteiger partial charge on any atom is 0.165 e. The van der Waals surface area contributed by atoms with Gasteiger partial charge in [-0.3, -0.25) is 0 Å². The largest absolute Gasteiger partial charge is 0.490 e. The first-order valence-corrected chi connectivity index (χ1v) is 6.78. The van der Waals surface area contributed by atoms with Gasteiger partial charge in [0.05, 0.1) is 13.2 Å². The molecule has 108 valence electrons. The van der Waals surface area contributed by atoms with E-state index in [4.69, 9.17) is 9.47 Å². The average molecular weight is 269 g/mol. The number of para-hydroxylation sites is 1. The molecule has 1 rings (SSSR count). The molecule has 1 aromatic carbocycles. The molecule has 0 heterocycles. The van der Waals surface area contributed by atoms with Crippen molar-refractivity contribution in [2.75, 3.05) is 26.9 Å². The zero-order valence-electron chi connectivity index (χ0n) is 12.0. The molecule has 0 bridgehead atoms. The zero-order chi connectivity index (χ0) is 14.1. The summed E-state index contributed by atoms with van der Waals surface area (Å²) >= 11 is 0. The minimum atomic E-state index is -0.297. The molecule has 0 aliphatic heterocycles. The normalized spacial score (nSPS) is 12.4. The van der Waals surface area contributed by atoms with Crippen molar-refractivity contribution in [3.8, 4) is 5.75 Å². The van der Waals surface area contributed by atoms with E-state index >= 15 is 0 Å². The standard InChI is InChI=1S/C15H24FNO2/c1-4-12(2)11-19-15-13(6-5-7-14(15)16)10-17-8-9-18-3/h5-7,12,17H,4,8-11H2,1-3H3. The maximum atomic E-state index is 13.8. The third-order valence-corrected chi connectivity index (χ3v) is 3.06. The molecule has 1 N–H and O–H groups in total. The van der Waals surface area contributed by atoms with Crippen molar-refractivity contribution in [3.05, 3.63) is 29.6 Å². The van der Waals surface area contributed by atoms with Crippen LogP contribution >= 0.6 is 0 Å². The summed E-state index contributed by atoms with van der Waals surface area (Å²) in [5.41, 5.74) is 0.847. The number of hydrogen-bond acceptors (Lipinski definition) is 3. The van der Waals surface area contributed by atoms with Gasteiger partial charge in [0.1, 0.15) is 0 Å². The van der Waals surface area contributed by atoms with Gasteiger partial charge in [-0.05, 0) is 12.0 Å². The third kappa shape index (κ3) is 5.57. The predicted molar refractivity (Wildman–Crippen MR) is 74.9 cm³/mol. The van der Waals surface area contributed by atoms with Crippen molar-refractivity contribution >= 4 is 0 Å². The van der Waals surface area contributed by atoms with E-state index in [1.807, 2.05) is 6.07 Å². The number of nitrogens with one attached hydrogen (secondary N) is 1. The molecule has 0 saturated carbocycles. The van der Waals surface area contributed by atoms with Crippen LogP contribution in [0.15, 0.2) is 18.2 Å². The molecular formula is C15H24FNO2. The Bertz CT molecular complexity index is 371. The van der Waals surface area contributed by atoms with Crippen LogP contribution in [-0.2, 0) is 11.3 Å². The van der Waals surface area contributed by atoms with E-state index in [1.165, 1.54) is 6.07 Å². The van der Waals surface area contributed by atoms with E-state index in [-0.39, 0.29) is 5.82 Å². The van der Waals surface area contributed by atoms with E-state index in [0.29, 0.717) is 31.4 Å². The van der Waals surface area contributed by atoms with Gasteiger partial charge in [-0.1, -0.05) is 32.4 Å². The summed E-state index contributed by atoms with van der Waals surface area (Å²) in [6.07, 6.45) is 1.02. The van der Waals surface area contributed by atoms with E-state index in [9.17, 15) is 4.39 Å². The Morgan fingerprint density at radius 1 is 1.37 bits per heavy atom. The van der Waals surface area contributed by atoms with Crippen LogP contribution in [0, 0.1) is 11.7 Å². The van der Waals surface area contributed by atoms with Gasteiger partial charge >= 0.3 is 0 Å². The van der Waals surface area contributed by atoms with Crippen LogP contribution in [-0.4, -0.2) is 26.9 Å². The molecule has 3 nitrogen and oxygen atoms in total. The molecule has 0 spiro atoms. The zero-order valence-corrected chi connectivity index (χ0v) is 12.0. The quantitative estimate of drug-likeness (QED) is 0.699. The highest BCUT2D eigenvalue weighted by atomic mass is 19.1. The Balaban J connectivity index is 2.61. The summed E-state index contributed by atoms with van der Waals surface area (Å²) in [5.74, 6) is 0.496.